The van der Waals surface area contributed by atoms with Crippen LogP contribution in [-0.4, -0.2) is 27.8 Å². The molecular formula is C28H52O2Si2. The fourth-order valence-corrected chi connectivity index (χ4v) is 6.95. The molecule has 0 aromatic rings. The molecule has 1 aliphatic rings. The van der Waals surface area contributed by atoms with Crippen LogP contribution in [0.4, 0.5) is 0 Å². The van der Waals surface area contributed by atoms with Crippen molar-refractivity contribution in [2.45, 2.75) is 154 Å². The summed E-state index contributed by atoms with van der Waals surface area (Å²) in [5.74, 6) is 13.8. The third-order valence-electron chi connectivity index (χ3n) is 7.83. The number of rotatable bonds is 4. The summed E-state index contributed by atoms with van der Waals surface area (Å²) < 4.78 is 14.1. The van der Waals surface area contributed by atoms with Gasteiger partial charge in [0.1, 0.15) is 0 Å². The van der Waals surface area contributed by atoms with E-state index in [0.717, 1.165) is 51.4 Å². The van der Waals surface area contributed by atoms with Gasteiger partial charge >= 0.3 is 0 Å². The average molecular weight is 477 g/mol. The van der Waals surface area contributed by atoms with Crippen LogP contribution in [0.25, 0.3) is 0 Å². The van der Waals surface area contributed by atoms with E-state index >= 15 is 0 Å². The van der Waals surface area contributed by atoms with E-state index in [-0.39, 0.29) is 21.3 Å². The van der Waals surface area contributed by atoms with Gasteiger partial charge in [-0.15, -0.1) is 23.7 Å². The minimum absolute atomic E-state index is 0.176. The van der Waals surface area contributed by atoms with E-state index in [4.69, 9.17) is 8.85 Å². The second-order valence-electron chi connectivity index (χ2n) is 13.4. The topological polar surface area (TPSA) is 18.5 Å². The van der Waals surface area contributed by atoms with Crippen molar-refractivity contribution < 1.29 is 8.85 Å². The molecule has 0 spiro atoms. The molecule has 0 radical (unpaired) electrons. The van der Waals surface area contributed by atoms with Gasteiger partial charge in [-0.25, -0.2) is 0 Å². The van der Waals surface area contributed by atoms with Gasteiger partial charge in [0, 0.05) is 25.7 Å². The van der Waals surface area contributed by atoms with Gasteiger partial charge in [-0.3, -0.25) is 0 Å². The summed E-state index contributed by atoms with van der Waals surface area (Å²) >= 11 is 0. The predicted octanol–water partition coefficient (Wildman–Crippen LogP) is 8.69. The summed E-state index contributed by atoms with van der Waals surface area (Å²) in [5, 5.41) is 0.351. The molecule has 0 heterocycles. The molecule has 4 heteroatoms. The Morgan fingerprint density at radius 1 is 0.594 bits per heavy atom. The van der Waals surface area contributed by atoms with Crippen LogP contribution < -0.4 is 0 Å². The van der Waals surface area contributed by atoms with Crippen molar-refractivity contribution in [2.75, 3.05) is 0 Å². The molecule has 1 aliphatic carbocycles. The monoisotopic (exact) mass is 476 g/mol. The molecule has 0 bridgehead atoms. The summed E-state index contributed by atoms with van der Waals surface area (Å²) in [6.07, 6.45) is 7.65. The molecule has 0 aliphatic heterocycles. The highest BCUT2D eigenvalue weighted by molar-refractivity contribution is 6.74. The lowest BCUT2D eigenvalue weighted by Crippen LogP contribution is -2.51. The van der Waals surface area contributed by atoms with Gasteiger partial charge in [-0.05, 0) is 75.8 Å². The molecule has 0 saturated carbocycles. The fraction of sp³-hybridized carbons (Fsp3) is 0.857. The second kappa shape index (κ2) is 10.8. The zero-order chi connectivity index (χ0) is 24.9. The van der Waals surface area contributed by atoms with Gasteiger partial charge in [0.15, 0.2) is 16.6 Å². The van der Waals surface area contributed by atoms with E-state index in [1.807, 2.05) is 0 Å². The molecule has 2 unspecified atom stereocenters. The molecule has 2 nitrogen and oxygen atoms in total. The molecule has 1 rings (SSSR count). The summed E-state index contributed by atoms with van der Waals surface area (Å²) in [4.78, 5) is 0. The van der Waals surface area contributed by atoms with Gasteiger partial charge in [0.05, 0.1) is 11.2 Å². The zero-order valence-electron chi connectivity index (χ0n) is 23.5. The standard InChI is InChI=1S/C28H52O2Si2/c1-25(2,3)31(9,10)29-27(7)21-19-17-15-13-14-16-18-20-22-28(8,24-23-27)30-32(11,12)26(4,5)6/h13-16,21-24H2,1-12H3. The Balaban J connectivity index is 3.27. The Kier molecular flexibility index (Phi) is 9.97. The first kappa shape index (κ1) is 29.5. The molecule has 0 fully saturated rings. The molecule has 0 N–H and O–H groups in total. The Labute approximate surface area is 203 Å². The van der Waals surface area contributed by atoms with Crippen molar-refractivity contribution in [1.29, 1.82) is 0 Å². The average Bonchev–Trinajstić information content (AvgIpc) is 2.58. The Morgan fingerprint density at radius 3 is 1.19 bits per heavy atom. The molecule has 0 amide bonds. The first-order valence-corrected chi connectivity index (χ1v) is 18.5. The van der Waals surface area contributed by atoms with Crippen molar-refractivity contribution in [1.82, 2.24) is 0 Å². The Bertz CT molecular complexity index is 670. The summed E-state index contributed by atoms with van der Waals surface area (Å²) in [7, 11) is -3.85. The van der Waals surface area contributed by atoms with Crippen molar-refractivity contribution in [2.24, 2.45) is 0 Å². The normalized spacial score (nSPS) is 26.9. The largest absolute Gasteiger partial charge is 0.411 e. The van der Waals surface area contributed by atoms with Crippen LogP contribution in [0, 0.1) is 23.7 Å². The van der Waals surface area contributed by atoms with Gasteiger partial charge < -0.3 is 8.85 Å². The lowest BCUT2D eigenvalue weighted by Gasteiger charge is -2.47. The van der Waals surface area contributed by atoms with Crippen LogP contribution >= 0.6 is 0 Å². The van der Waals surface area contributed by atoms with E-state index < -0.39 is 16.6 Å². The lowest BCUT2D eigenvalue weighted by molar-refractivity contribution is 0.0158. The van der Waals surface area contributed by atoms with Crippen LogP contribution in [0.3, 0.4) is 0 Å². The second-order valence-corrected chi connectivity index (χ2v) is 22.8. The highest BCUT2D eigenvalue weighted by Gasteiger charge is 2.46. The van der Waals surface area contributed by atoms with Gasteiger partial charge in [-0.2, -0.15) is 0 Å². The van der Waals surface area contributed by atoms with Crippen LogP contribution in [0.5, 0.6) is 0 Å². The zero-order valence-corrected chi connectivity index (χ0v) is 25.5. The lowest BCUT2D eigenvalue weighted by atomic mass is 9.88. The summed E-state index contributed by atoms with van der Waals surface area (Å²) in [5.41, 5.74) is -0.517. The maximum atomic E-state index is 7.04. The maximum absolute atomic E-state index is 7.04. The SMILES string of the molecule is CC1(O[Si](C)(C)C(C)(C)C)CC#CCCCCC#CCC(C)(O[Si](C)(C)C(C)(C)C)CC1. The van der Waals surface area contributed by atoms with E-state index in [2.05, 4.69) is 105 Å². The molecule has 32 heavy (non-hydrogen) atoms. The van der Waals surface area contributed by atoms with Crippen LogP contribution in [0.2, 0.25) is 36.3 Å². The molecule has 0 saturated heterocycles. The first-order chi connectivity index (χ1) is 14.3. The quantitative estimate of drug-likeness (QED) is 0.298. The minimum atomic E-state index is -1.92. The van der Waals surface area contributed by atoms with Crippen molar-refractivity contribution >= 4 is 16.6 Å². The highest BCUT2D eigenvalue weighted by atomic mass is 28.4. The number of hydrogen-bond donors (Lipinski definition) is 0. The third kappa shape index (κ3) is 9.02. The van der Waals surface area contributed by atoms with Crippen LogP contribution in [0.1, 0.15) is 107 Å². The molecule has 0 aromatic carbocycles. The third-order valence-corrected chi connectivity index (χ3v) is 17.1. The highest BCUT2D eigenvalue weighted by Crippen LogP contribution is 2.44. The van der Waals surface area contributed by atoms with E-state index in [1.54, 1.807) is 0 Å². The molecule has 2 atom stereocenters. The molecule has 0 aromatic heterocycles. The van der Waals surface area contributed by atoms with E-state index in [9.17, 15) is 0 Å². The van der Waals surface area contributed by atoms with Crippen molar-refractivity contribution in [3.8, 4) is 23.7 Å². The Morgan fingerprint density at radius 2 is 0.906 bits per heavy atom. The summed E-state index contributed by atoms with van der Waals surface area (Å²) in [6, 6.07) is 0. The van der Waals surface area contributed by atoms with Gasteiger partial charge in [0.25, 0.3) is 0 Å². The van der Waals surface area contributed by atoms with E-state index in [1.165, 1.54) is 0 Å². The van der Waals surface area contributed by atoms with Gasteiger partial charge in [0.2, 0.25) is 0 Å². The molecule has 184 valence electrons. The van der Waals surface area contributed by atoms with Crippen molar-refractivity contribution in [3.05, 3.63) is 0 Å². The minimum Gasteiger partial charge on any atom is -0.411 e. The predicted molar refractivity (Wildman–Crippen MR) is 146 cm³/mol. The number of hydrogen-bond acceptors (Lipinski definition) is 2. The van der Waals surface area contributed by atoms with Crippen LogP contribution in [-0.2, 0) is 8.85 Å². The van der Waals surface area contributed by atoms with Crippen LogP contribution in [0.15, 0.2) is 0 Å². The molecular weight excluding hydrogens is 424 g/mol. The Hall–Kier alpha value is -0.526. The van der Waals surface area contributed by atoms with E-state index in [0.29, 0.717) is 0 Å². The van der Waals surface area contributed by atoms with Crippen molar-refractivity contribution in [3.63, 3.8) is 0 Å². The summed E-state index contributed by atoms with van der Waals surface area (Å²) in [6.45, 7) is 27.9. The smallest absolute Gasteiger partial charge is 0.192 e. The van der Waals surface area contributed by atoms with Gasteiger partial charge in [-0.1, -0.05) is 41.5 Å². The fourth-order valence-electron chi connectivity index (χ4n) is 3.52. The maximum Gasteiger partial charge on any atom is 0.192 e. The first-order valence-electron chi connectivity index (χ1n) is 12.6.